The van der Waals surface area contributed by atoms with E-state index in [1.807, 2.05) is 54.6 Å². The second kappa shape index (κ2) is 7.54. The number of carbonyl (C=O) groups is 2. The van der Waals surface area contributed by atoms with Gasteiger partial charge in [-0.25, -0.2) is 4.79 Å². The average molecular weight is 389 g/mol. The van der Waals surface area contributed by atoms with Crippen LogP contribution >= 0.6 is 0 Å². The fourth-order valence-electron chi connectivity index (χ4n) is 3.62. The molecule has 6 nitrogen and oxygen atoms in total. The first-order chi connectivity index (χ1) is 14.0. The molecule has 6 heteroatoms. The third kappa shape index (κ3) is 3.53. The van der Waals surface area contributed by atoms with Crippen LogP contribution in [-0.2, 0) is 23.3 Å². The van der Waals surface area contributed by atoms with Crippen molar-refractivity contribution in [3.8, 4) is 11.3 Å². The molecular weight excluding hydrogens is 366 g/mol. The van der Waals surface area contributed by atoms with Crippen molar-refractivity contribution in [2.24, 2.45) is 0 Å². The first-order valence-electron chi connectivity index (χ1n) is 9.76. The van der Waals surface area contributed by atoms with E-state index in [4.69, 9.17) is 4.52 Å². The summed E-state index contributed by atoms with van der Waals surface area (Å²) in [4.78, 5) is 26.9. The first-order valence-corrected chi connectivity index (χ1v) is 9.76. The Morgan fingerprint density at radius 3 is 2.48 bits per heavy atom. The standard InChI is InChI=1S/C23H23N3O3/c1-3-7-16-10-12-18(13-11-16)23(2)21(27)26(22(28)24-23)15-19-14-20(29-25-19)17-8-5-4-6-9-17/h4-6,8-14H,3,7,15H2,1-2H3,(H,24,28). The minimum absolute atomic E-state index is 0.0600. The fourth-order valence-corrected chi connectivity index (χ4v) is 3.62. The number of hydrogen-bond acceptors (Lipinski definition) is 4. The van der Waals surface area contributed by atoms with Gasteiger partial charge in [0.15, 0.2) is 5.76 Å². The molecule has 1 unspecified atom stereocenters. The molecule has 0 aliphatic carbocycles. The minimum Gasteiger partial charge on any atom is -0.356 e. The van der Waals surface area contributed by atoms with E-state index >= 15 is 0 Å². The normalized spacial score (nSPS) is 18.9. The molecule has 1 atom stereocenters. The molecule has 148 valence electrons. The Kier molecular flexibility index (Phi) is 4.92. The lowest BCUT2D eigenvalue weighted by Gasteiger charge is -2.22. The van der Waals surface area contributed by atoms with Crippen molar-refractivity contribution < 1.29 is 14.1 Å². The van der Waals surface area contributed by atoms with Crippen molar-refractivity contribution >= 4 is 11.9 Å². The third-order valence-corrected chi connectivity index (χ3v) is 5.28. The molecule has 29 heavy (non-hydrogen) atoms. The molecule has 0 radical (unpaired) electrons. The van der Waals surface area contributed by atoms with Crippen LogP contribution in [0.5, 0.6) is 0 Å². The second-order valence-corrected chi connectivity index (χ2v) is 7.44. The highest BCUT2D eigenvalue weighted by atomic mass is 16.5. The van der Waals surface area contributed by atoms with Gasteiger partial charge in [0.1, 0.15) is 11.2 Å². The van der Waals surface area contributed by atoms with E-state index < -0.39 is 11.6 Å². The molecule has 3 aromatic rings. The summed E-state index contributed by atoms with van der Waals surface area (Å²) < 4.78 is 5.38. The molecule has 2 heterocycles. The highest BCUT2D eigenvalue weighted by Gasteiger charge is 2.49. The van der Waals surface area contributed by atoms with Crippen LogP contribution in [0.25, 0.3) is 11.3 Å². The van der Waals surface area contributed by atoms with Crippen LogP contribution < -0.4 is 5.32 Å². The number of urea groups is 1. The summed E-state index contributed by atoms with van der Waals surface area (Å²) in [6.07, 6.45) is 2.04. The van der Waals surface area contributed by atoms with Crippen LogP contribution in [0.15, 0.2) is 65.2 Å². The van der Waals surface area contributed by atoms with Gasteiger partial charge in [-0.1, -0.05) is 73.1 Å². The molecule has 1 N–H and O–H groups in total. The van der Waals surface area contributed by atoms with Crippen LogP contribution in [0.3, 0.4) is 0 Å². The molecule has 2 aromatic carbocycles. The lowest BCUT2D eigenvalue weighted by Crippen LogP contribution is -2.40. The second-order valence-electron chi connectivity index (χ2n) is 7.44. The Labute approximate surface area is 169 Å². The molecule has 0 spiro atoms. The molecule has 4 rings (SSSR count). The Morgan fingerprint density at radius 1 is 1.07 bits per heavy atom. The predicted octanol–water partition coefficient (Wildman–Crippen LogP) is 4.26. The summed E-state index contributed by atoms with van der Waals surface area (Å²) in [6, 6.07) is 18.7. The molecule has 3 amide bonds. The summed E-state index contributed by atoms with van der Waals surface area (Å²) in [5.41, 5.74) is 2.30. The zero-order chi connectivity index (χ0) is 20.4. The average Bonchev–Trinajstić information content (AvgIpc) is 3.29. The van der Waals surface area contributed by atoms with Gasteiger partial charge in [-0.15, -0.1) is 0 Å². The van der Waals surface area contributed by atoms with E-state index in [-0.39, 0.29) is 12.5 Å². The first kappa shape index (κ1) is 18.9. The molecular formula is C23H23N3O3. The predicted molar refractivity (Wildman–Crippen MR) is 109 cm³/mol. The maximum absolute atomic E-state index is 13.1. The van der Waals surface area contributed by atoms with Crippen molar-refractivity contribution in [1.29, 1.82) is 0 Å². The van der Waals surface area contributed by atoms with E-state index in [1.54, 1.807) is 13.0 Å². The van der Waals surface area contributed by atoms with E-state index in [1.165, 1.54) is 10.5 Å². The highest BCUT2D eigenvalue weighted by molar-refractivity contribution is 6.07. The third-order valence-electron chi connectivity index (χ3n) is 5.28. The SMILES string of the molecule is CCCc1ccc(C2(C)NC(=O)N(Cc3cc(-c4ccccc4)on3)C2=O)cc1. The van der Waals surface area contributed by atoms with Gasteiger partial charge in [0.05, 0.1) is 6.54 Å². The van der Waals surface area contributed by atoms with Gasteiger partial charge in [-0.3, -0.25) is 9.69 Å². The van der Waals surface area contributed by atoms with Crippen molar-refractivity contribution in [2.45, 2.75) is 38.8 Å². The zero-order valence-corrected chi connectivity index (χ0v) is 16.5. The van der Waals surface area contributed by atoms with E-state index in [0.717, 1.165) is 24.0 Å². The number of benzene rings is 2. The number of amides is 3. The Balaban J connectivity index is 1.53. The van der Waals surface area contributed by atoms with Gasteiger partial charge in [-0.2, -0.15) is 0 Å². The number of hydrogen-bond donors (Lipinski definition) is 1. The number of nitrogens with one attached hydrogen (secondary N) is 1. The Morgan fingerprint density at radius 2 is 1.79 bits per heavy atom. The minimum atomic E-state index is -1.09. The number of carbonyl (C=O) groups excluding carboxylic acids is 2. The largest absolute Gasteiger partial charge is 0.356 e. The molecule has 0 saturated carbocycles. The molecule has 0 bridgehead atoms. The van der Waals surface area contributed by atoms with Crippen LogP contribution in [-0.4, -0.2) is 22.0 Å². The van der Waals surface area contributed by atoms with Gasteiger partial charge < -0.3 is 9.84 Å². The quantitative estimate of drug-likeness (QED) is 0.639. The number of aryl methyl sites for hydroxylation is 1. The molecule has 1 saturated heterocycles. The van der Waals surface area contributed by atoms with Crippen molar-refractivity contribution in [3.63, 3.8) is 0 Å². The maximum Gasteiger partial charge on any atom is 0.325 e. The summed E-state index contributed by atoms with van der Waals surface area (Å²) >= 11 is 0. The summed E-state index contributed by atoms with van der Waals surface area (Å²) in [7, 11) is 0. The van der Waals surface area contributed by atoms with E-state index in [9.17, 15) is 9.59 Å². The van der Waals surface area contributed by atoms with Crippen molar-refractivity contribution in [1.82, 2.24) is 15.4 Å². The molecule has 1 fully saturated rings. The number of aromatic nitrogens is 1. The van der Waals surface area contributed by atoms with E-state index in [2.05, 4.69) is 17.4 Å². The van der Waals surface area contributed by atoms with Gasteiger partial charge >= 0.3 is 6.03 Å². The van der Waals surface area contributed by atoms with Crippen LogP contribution in [0, 0.1) is 0 Å². The number of rotatable bonds is 6. The monoisotopic (exact) mass is 389 g/mol. The van der Waals surface area contributed by atoms with Gasteiger partial charge in [0.25, 0.3) is 5.91 Å². The number of nitrogens with zero attached hydrogens (tertiary/aromatic N) is 2. The lowest BCUT2D eigenvalue weighted by atomic mass is 9.91. The Bertz CT molecular complexity index is 1030. The lowest BCUT2D eigenvalue weighted by molar-refractivity contribution is -0.131. The van der Waals surface area contributed by atoms with E-state index in [0.29, 0.717) is 11.5 Å². The van der Waals surface area contributed by atoms with Gasteiger partial charge in [0, 0.05) is 11.6 Å². The summed E-state index contributed by atoms with van der Waals surface area (Å²) in [5.74, 6) is 0.303. The molecule has 1 aromatic heterocycles. The summed E-state index contributed by atoms with van der Waals surface area (Å²) in [6.45, 7) is 3.92. The molecule has 1 aliphatic rings. The fraction of sp³-hybridized carbons (Fsp3) is 0.261. The highest BCUT2D eigenvalue weighted by Crippen LogP contribution is 2.30. The molecule has 1 aliphatic heterocycles. The number of imide groups is 1. The van der Waals surface area contributed by atoms with Crippen LogP contribution in [0.4, 0.5) is 4.79 Å². The Hall–Kier alpha value is -3.41. The van der Waals surface area contributed by atoms with Crippen molar-refractivity contribution in [2.75, 3.05) is 0 Å². The van der Waals surface area contributed by atoms with Gasteiger partial charge in [-0.05, 0) is 24.5 Å². The topological polar surface area (TPSA) is 75.4 Å². The maximum atomic E-state index is 13.1. The zero-order valence-electron chi connectivity index (χ0n) is 16.5. The van der Waals surface area contributed by atoms with Crippen LogP contribution in [0.2, 0.25) is 0 Å². The smallest absolute Gasteiger partial charge is 0.325 e. The summed E-state index contributed by atoms with van der Waals surface area (Å²) in [5, 5.41) is 6.86. The van der Waals surface area contributed by atoms with Gasteiger partial charge in [0.2, 0.25) is 0 Å². The van der Waals surface area contributed by atoms with Crippen molar-refractivity contribution in [3.05, 3.63) is 77.5 Å². The van der Waals surface area contributed by atoms with Crippen LogP contribution in [0.1, 0.15) is 37.1 Å².